The molecular weight excluding hydrogens is 228 g/mol. The second-order valence-corrected chi connectivity index (χ2v) is 3.79. The molecule has 17 heavy (non-hydrogen) atoms. The second kappa shape index (κ2) is 5.44. The van der Waals surface area contributed by atoms with Crippen LogP contribution in [0.2, 0.25) is 0 Å². The number of aromatic nitrogens is 1. The summed E-state index contributed by atoms with van der Waals surface area (Å²) in [6.07, 6.45) is 1.30. The van der Waals surface area contributed by atoms with Crippen molar-refractivity contribution in [1.29, 1.82) is 0 Å². The molecule has 0 aromatic carbocycles. The molecule has 0 saturated heterocycles. The number of methoxy groups -OCH3 is 1. The van der Waals surface area contributed by atoms with Gasteiger partial charge in [-0.3, -0.25) is 4.79 Å². The van der Waals surface area contributed by atoms with Crippen LogP contribution >= 0.6 is 0 Å². The van der Waals surface area contributed by atoms with Crippen molar-refractivity contribution in [2.75, 3.05) is 13.7 Å². The maximum absolute atomic E-state index is 11.6. The van der Waals surface area contributed by atoms with Crippen LogP contribution < -0.4 is 5.32 Å². The van der Waals surface area contributed by atoms with E-state index < -0.39 is 17.4 Å². The first-order chi connectivity index (χ1) is 7.98. The molecule has 1 heterocycles. The van der Waals surface area contributed by atoms with Gasteiger partial charge in [0.05, 0.1) is 18.7 Å². The molecule has 0 spiro atoms. The third-order valence-corrected chi connectivity index (χ3v) is 2.15. The summed E-state index contributed by atoms with van der Waals surface area (Å²) in [6, 6.07) is 1.54. The molecular formula is C10H14N2O5. The number of rotatable bonds is 6. The van der Waals surface area contributed by atoms with Gasteiger partial charge in [-0.15, -0.1) is 0 Å². The molecule has 1 aromatic rings. The molecule has 1 unspecified atom stereocenters. The Hall–Kier alpha value is -1.89. The minimum Gasteiger partial charge on any atom is -0.479 e. The molecule has 0 aliphatic rings. The highest BCUT2D eigenvalue weighted by Crippen LogP contribution is 2.06. The molecule has 0 saturated carbocycles. The van der Waals surface area contributed by atoms with E-state index in [1.807, 2.05) is 0 Å². The number of ether oxygens (including phenoxy) is 1. The fraction of sp³-hybridized carbons (Fsp3) is 0.500. The summed E-state index contributed by atoms with van der Waals surface area (Å²) >= 11 is 0. The van der Waals surface area contributed by atoms with Crippen LogP contribution in [0.5, 0.6) is 0 Å². The molecule has 0 fully saturated rings. The summed E-state index contributed by atoms with van der Waals surface area (Å²) in [4.78, 5) is 22.6. The number of amides is 1. The third kappa shape index (κ3) is 3.56. The highest BCUT2D eigenvalue weighted by atomic mass is 16.5. The van der Waals surface area contributed by atoms with Gasteiger partial charge in [0, 0.05) is 13.2 Å². The molecule has 0 radical (unpaired) electrons. The van der Waals surface area contributed by atoms with Crippen molar-refractivity contribution in [3.8, 4) is 0 Å². The Balaban J connectivity index is 2.61. The molecule has 1 rings (SSSR count). The Bertz CT molecular complexity index is 389. The van der Waals surface area contributed by atoms with Crippen molar-refractivity contribution < 1.29 is 24.0 Å². The van der Waals surface area contributed by atoms with Crippen molar-refractivity contribution in [2.45, 2.75) is 18.9 Å². The molecule has 1 aromatic heterocycles. The zero-order chi connectivity index (χ0) is 12.9. The minimum atomic E-state index is -1.45. The molecule has 1 amide bonds. The number of hydrogen-bond acceptors (Lipinski definition) is 5. The van der Waals surface area contributed by atoms with E-state index in [-0.39, 0.29) is 13.0 Å². The lowest BCUT2D eigenvalue weighted by Gasteiger charge is -2.25. The molecule has 0 aliphatic heterocycles. The average Bonchev–Trinajstić information content (AvgIpc) is 2.70. The smallest absolute Gasteiger partial charge is 0.331 e. The number of aliphatic carboxylic acids is 1. The van der Waals surface area contributed by atoms with Gasteiger partial charge < -0.3 is 19.7 Å². The van der Waals surface area contributed by atoms with Crippen LogP contribution in [0.15, 0.2) is 16.9 Å². The molecule has 2 N–H and O–H groups in total. The van der Waals surface area contributed by atoms with Gasteiger partial charge in [0.2, 0.25) is 5.91 Å². The topological polar surface area (TPSA) is 102 Å². The first-order valence-electron chi connectivity index (χ1n) is 4.90. The molecule has 7 nitrogen and oxygen atoms in total. The maximum atomic E-state index is 11.6. The first kappa shape index (κ1) is 13.2. The summed E-state index contributed by atoms with van der Waals surface area (Å²) < 4.78 is 9.34. The SMILES string of the molecule is COCC(C)(NC(=O)Cc1ccon1)C(=O)O. The number of carbonyl (C=O) groups excluding carboxylic acids is 1. The standard InChI is InChI=1S/C10H14N2O5/c1-10(6-16-2,9(14)15)11-8(13)5-7-3-4-17-12-7/h3-4H,5-6H2,1-2H3,(H,11,13)(H,14,15). The van der Waals surface area contributed by atoms with Gasteiger partial charge >= 0.3 is 5.97 Å². The van der Waals surface area contributed by atoms with Crippen LogP contribution in [0, 0.1) is 0 Å². The van der Waals surface area contributed by atoms with E-state index in [9.17, 15) is 9.59 Å². The Labute approximate surface area is 97.7 Å². The lowest BCUT2D eigenvalue weighted by atomic mass is 10.0. The lowest BCUT2D eigenvalue weighted by molar-refractivity contribution is -0.149. The van der Waals surface area contributed by atoms with E-state index in [0.29, 0.717) is 5.69 Å². The summed E-state index contributed by atoms with van der Waals surface area (Å²) in [5, 5.41) is 15.0. The van der Waals surface area contributed by atoms with E-state index in [2.05, 4.69) is 15.0 Å². The van der Waals surface area contributed by atoms with Crippen LogP contribution in [-0.4, -0.2) is 41.4 Å². The van der Waals surface area contributed by atoms with Gasteiger partial charge in [0.1, 0.15) is 6.26 Å². The van der Waals surface area contributed by atoms with E-state index in [1.54, 1.807) is 0 Å². The van der Waals surface area contributed by atoms with E-state index >= 15 is 0 Å². The van der Waals surface area contributed by atoms with Gasteiger partial charge in [-0.2, -0.15) is 0 Å². The predicted octanol–water partition coefficient (Wildman–Crippen LogP) is -0.177. The van der Waals surface area contributed by atoms with Gasteiger partial charge in [-0.05, 0) is 6.92 Å². The van der Waals surface area contributed by atoms with Gasteiger partial charge in [0.15, 0.2) is 5.54 Å². The number of carboxylic acids is 1. The lowest BCUT2D eigenvalue weighted by Crippen LogP contribution is -2.55. The fourth-order valence-electron chi connectivity index (χ4n) is 1.29. The van der Waals surface area contributed by atoms with E-state index in [1.165, 1.54) is 26.4 Å². The highest BCUT2D eigenvalue weighted by Gasteiger charge is 2.34. The van der Waals surface area contributed by atoms with Crippen LogP contribution in [0.1, 0.15) is 12.6 Å². The monoisotopic (exact) mass is 242 g/mol. The molecule has 0 bridgehead atoms. The number of hydrogen-bond donors (Lipinski definition) is 2. The minimum absolute atomic E-state index is 0.0386. The van der Waals surface area contributed by atoms with Crippen molar-refractivity contribution in [1.82, 2.24) is 10.5 Å². The Morgan fingerprint density at radius 3 is 2.82 bits per heavy atom. The maximum Gasteiger partial charge on any atom is 0.331 e. The molecule has 1 atom stereocenters. The summed E-state index contributed by atoms with van der Waals surface area (Å²) in [5.74, 6) is -1.62. The summed E-state index contributed by atoms with van der Waals surface area (Å²) in [6.45, 7) is 1.26. The van der Waals surface area contributed by atoms with Gasteiger partial charge in [-0.1, -0.05) is 5.16 Å². The predicted molar refractivity (Wildman–Crippen MR) is 56.3 cm³/mol. The second-order valence-electron chi connectivity index (χ2n) is 3.79. The van der Waals surface area contributed by atoms with Crippen LogP contribution in [0.25, 0.3) is 0 Å². The van der Waals surface area contributed by atoms with E-state index in [0.717, 1.165) is 0 Å². The Morgan fingerprint density at radius 1 is 1.65 bits per heavy atom. The van der Waals surface area contributed by atoms with Crippen LogP contribution in [0.4, 0.5) is 0 Å². The Morgan fingerprint density at radius 2 is 2.35 bits per heavy atom. The van der Waals surface area contributed by atoms with Crippen molar-refractivity contribution in [3.63, 3.8) is 0 Å². The molecule has 0 aliphatic carbocycles. The first-order valence-corrected chi connectivity index (χ1v) is 4.90. The van der Waals surface area contributed by atoms with Crippen molar-refractivity contribution >= 4 is 11.9 Å². The third-order valence-electron chi connectivity index (χ3n) is 2.15. The fourth-order valence-corrected chi connectivity index (χ4v) is 1.29. The number of nitrogens with one attached hydrogen (secondary N) is 1. The molecule has 7 heteroatoms. The normalized spacial score (nSPS) is 14.0. The van der Waals surface area contributed by atoms with Crippen molar-refractivity contribution in [2.24, 2.45) is 0 Å². The van der Waals surface area contributed by atoms with Gasteiger partial charge in [0.25, 0.3) is 0 Å². The van der Waals surface area contributed by atoms with E-state index in [4.69, 9.17) is 9.84 Å². The Kier molecular flexibility index (Phi) is 4.22. The summed E-state index contributed by atoms with van der Waals surface area (Å²) in [5.41, 5.74) is -1.01. The molecule has 94 valence electrons. The average molecular weight is 242 g/mol. The summed E-state index contributed by atoms with van der Waals surface area (Å²) in [7, 11) is 1.37. The van der Waals surface area contributed by atoms with Crippen molar-refractivity contribution in [3.05, 3.63) is 18.0 Å². The number of carbonyl (C=O) groups is 2. The zero-order valence-electron chi connectivity index (χ0n) is 9.60. The number of carboxylic acid groups (broad SMARTS) is 1. The van der Waals surface area contributed by atoms with Crippen LogP contribution in [-0.2, 0) is 20.7 Å². The van der Waals surface area contributed by atoms with Gasteiger partial charge in [-0.25, -0.2) is 4.79 Å². The quantitative estimate of drug-likeness (QED) is 0.717. The highest BCUT2D eigenvalue weighted by molar-refractivity contribution is 5.87. The largest absolute Gasteiger partial charge is 0.479 e. The number of nitrogens with zero attached hydrogens (tertiary/aromatic N) is 1. The zero-order valence-corrected chi connectivity index (χ0v) is 9.60. The van der Waals surface area contributed by atoms with Crippen LogP contribution in [0.3, 0.4) is 0 Å².